The fourth-order valence-corrected chi connectivity index (χ4v) is 6.99. The molecule has 44 heavy (non-hydrogen) atoms. The summed E-state index contributed by atoms with van der Waals surface area (Å²) in [5.41, 5.74) is 10.5. The minimum absolute atomic E-state index is 0.315. The molecule has 8 aromatic rings. The third-order valence-electron chi connectivity index (χ3n) is 9.34. The van der Waals surface area contributed by atoms with Crippen molar-refractivity contribution in [3.05, 3.63) is 139 Å². The molecule has 0 saturated heterocycles. The van der Waals surface area contributed by atoms with E-state index < -0.39 is 0 Å². The quantitative estimate of drug-likeness (QED) is 0.173. The zero-order chi connectivity index (χ0) is 29.9. The second kappa shape index (κ2) is 10.2. The molecule has 0 amide bonds. The van der Waals surface area contributed by atoms with E-state index in [4.69, 9.17) is 0 Å². The minimum Gasteiger partial charge on any atom is -0.509 e. The summed E-state index contributed by atoms with van der Waals surface area (Å²) in [5, 5.41) is 20.7. The zero-order valence-electron chi connectivity index (χ0n) is 25.1. The second-order valence-corrected chi connectivity index (χ2v) is 12.1. The highest BCUT2D eigenvalue weighted by Crippen LogP contribution is 2.47. The van der Waals surface area contributed by atoms with E-state index in [2.05, 4.69) is 142 Å². The third kappa shape index (κ3) is 4.12. The van der Waals surface area contributed by atoms with Gasteiger partial charge in [-0.3, -0.25) is 0 Å². The van der Waals surface area contributed by atoms with Crippen molar-refractivity contribution >= 4 is 69.7 Å². The Kier molecular flexibility index (Phi) is 6.10. The van der Waals surface area contributed by atoms with Crippen LogP contribution in [0.25, 0.3) is 76.5 Å². The molecule has 0 radical (unpaired) electrons. The van der Waals surface area contributed by atoms with Gasteiger partial charge in [-0.1, -0.05) is 126 Å². The van der Waals surface area contributed by atoms with Gasteiger partial charge in [-0.2, -0.15) is 0 Å². The van der Waals surface area contributed by atoms with Crippen LogP contribution in [0.1, 0.15) is 5.56 Å². The minimum atomic E-state index is 0.315. The molecule has 8 rings (SSSR count). The average Bonchev–Trinajstić information content (AvgIpc) is 3.05. The van der Waals surface area contributed by atoms with Crippen molar-refractivity contribution in [3.8, 4) is 39.1 Å². The molecule has 0 aliphatic carbocycles. The molecule has 1 nitrogen and oxygen atoms in total. The molecular formula is C41H30B2O. The highest BCUT2D eigenvalue weighted by molar-refractivity contribution is 6.38. The van der Waals surface area contributed by atoms with Gasteiger partial charge in [-0.25, -0.2) is 0 Å². The molecule has 0 aromatic heterocycles. The number of hydrogen-bond donors (Lipinski definition) is 1. The summed E-state index contributed by atoms with van der Waals surface area (Å²) in [7, 11) is 4.20. The molecule has 0 atom stereocenters. The monoisotopic (exact) mass is 560 g/mol. The van der Waals surface area contributed by atoms with E-state index in [1.54, 1.807) is 0 Å². The van der Waals surface area contributed by atoms with Crippen molar-refractivity contribution in [1.29, 1.82) is 0 Å². The van der Waals surface area contributed by atoms with E-state index in [1.165, 1.54) is 65.6 Å². The van der Waals surface area contributed by atoms with Gasteiger partial charge in [0.05, 0.1) is 0 Å². The zero-order valence-corrected chi connectivity index (χ0v) is 25.1. The van der Waals surface area contributed by atoms with E-state index >= 15 is 0 Å². The third-order valence-corrected chi connectivity index (χ3v) is 9.34. The van der Waals surface area contributed by atoms with Gasteiger partial charge in [-0.05, 0) is 107 Å². The van der Waals surface area contributed by atoms with Crippen molar-refractivity contribution in [1.82, 2.24) is 0 Å². The topological polar surface area (TPSA) is 20.2 Å². The maximum Gasteiger partial charge on any atom is 0.144 e. The van der Waals surface area contributed by atoms with Gasteiger partial charge in [0.1, 0.15) is 21.4 Å². The van der Waals surface area contributed by atoms with Crippen LogP contribution >= 0.6 is 0 Å². The molecule has 0 aliphatic heterocycles. The van der Waals surface area contributed by atoms with Crippen molar-refractivity contribution in [2.75, 3.05) is 0 Å². The van der Waals surface area contributed by atoms with Crippen molar-refractivity contribution in [2.45, 2.75) is 6.92 Å². The molecule has 0 bridgehead atoms. The van der Waals surface area contributed by atoms with Crippen molar-refractivity contribution in [3.63, 3.8) is 0 Å². The van der Waals surface area contributed by atoms with Crippen LogP contribution < -0.4 is 10.9 Å². The molecule has 0 fully saturated rings. The first kappa shape index (κ1) is 26.4. The number of rotatable bonds is 3. The summed E-state index contributed by atoms with van der Waals surface area (Å²) < 4.78 is 0. The smallest absolute Gasteiger partial charge is 0.144 e. The van der Waals surface area contributed by atoms with Crippen LogP contribution in [0.15, 0.2) is 133 Å². The number of aromatic hydroxyl groups is 1. The Morgan fingerprint density at radius 1 is 0.432 bits per heavy atom. The van der Waals surface area contributed by atoms with Gasteiger partial charge < -0.3 is 5.11 Å². The first-order valence-corrected chi connectivity index (χ1v) is 15.2. The molecule has 206 valence electrons. The van der Waals surface area contributed by atoms with Gasteiger partial charge in [0.15, 0.2) is 0 Å². The van der Waals surface area contributed by atoms with E-state index in [1.807, 2.05) is 13.9 Å². The fourth-order valence-electron chi connectivity index (χ4n) is 6.99. The number of aryl methyl sites for hydroxylation is 1. The highest BCUT2D eigenvalue weighted by atomic mass is 16.3. The first-order chi connectivity index (χ1) is 21.5. The molecule has 3 heteroatoms. The van der Waals surface area contributed by atoms with Gasteiger partial charge in [-0.15, -0.1) is 0 Å². The van der Waals surface area contributed by atoms with E-state index in [0.717, 1.165) is 27.4 Å². The number of hydrogen-bond acceptors (Lipinski definition) is 1. The Bertz CT molecular complexity index is 2350. The molecule has 1 N–H and O–H groups in total. The maximum absolute atomic E-state index is 11.2. The van der Waals surface area contributed by atoms with Crippen LogP contribution in [-0.4, -0.2) is 20.8 Å². The summed E-state index contributed by atoms with van der Waals surface area (Å²) in [4.78, 5) is 0. The summed E-state index contributed by atoms with van der Waals surface area (Å²) in [6, 6.07) is 48.1. The Labute approximate surface area is 259 Å². The SMILES string of the molecule is Bc1cc2c(-c3cccc4ccccc34)c3cc(B)c(O)cc3c(-c3cc(-c4ccccc4)c4ccccc4c3)c2cc1C. The van der Waals surface area contributed by atoms with Gasteiger partial charge in [0.2, 0.25) is 0 Å². The number of fused-ring (bicyclic) bond motifs is 4. The number of phenols is 1. The Hall–Kier alpha value is -5.27. The van der Waals surface area contributed by atoms with Crippen LogP contribution in [-0.2, 0) is 0 Å². The lowest BCUT2D eigenvalue weighted by Gasteiger charge is -2.22. The molecule has 0 aliphatic rings. The predicted molar refractivity (Wildman–Crippen MR) is 196 cm³/mol. The average molecular weight is 560 g/mol. The molecule has 0 saturated carbocycles. The maximum atomic E-state index is 11.2. The van der Waals surface area contributed by atoms with Gasteiger partial charge >= 0.3 is 0 Å². The number of phenolic OH excluding ortho intramolecular Hbond substituents is 1. The fraction of sp³-hybridized carbons (Fsp3) is 0.0244. The highest BCUT2D eigenvalue weighted by Gasteiger charge is 2.21. The van der Waals surface area contributed by atoms with Crippen LogP contribution in [0.5, 0.6) is 5.75 Å². The lowest BCUT2D eigenvalue weighted by molar-refractivity contribution is 0.480. The molecule has 8 aromatic carbocycles. The summed E-state index contributed by atoms with van der Waals surface area (Å²) in [6.07, 6.45) is 0. The predicted octanol–water partition coefficient (Wildman–Crippen LogP) is 7.83. The van der Waals surface area contributed by atoms with E-state index in [0.29, 0.717) is 5.75 Å². The molecule has 0 spiro atoms. The molecule has 0 unspecified atom stereocenters. The van der Waals surface area contributed by atoms with Gasteiger partial charge in [0, 0.05) is 0 Å². The lowest BCUT2D eigenvalue weighted by atomic mass is 9.78. The van der Waals surface area contributed by atoms with Crippen LogP contribution in [0.4, 0.5) is 0 Å². The normalized spacial score (nSPS) is 11.6. The van der Waals surface area contributed by atoms with Crippen LogP contribution in [0.2, 0.25) is 0 Å². The number of benzene rings is 8. The standard InChI is InChI=1S/C41H30B2O/c1-24-18-33-34(21-37(24)42)41(31-17-9-14-25-12-5-7-15-29(25)31)35-22-38(43)39(44)23-36(35)40(33)28-19-27-13-6-8-16-30(27)32(20-28)26-10-3-2-4-11-26/h2-23,44H,42-43H2,1H3. The molecule has 0 heterocycles. The van der Waals surface area contributed by atoms with Gasteiger partial charge in [0.25, 0.3) is 0 Å². The lowest BCUT2D eigenvalue weighted by Crippen LogP contribution is -2.08. The van der Waals surface area contributed by atoms with Crippen molar-refractivity contribution in [2.24, 2.45) is 0 Å². The van der Waals surface area contributed by atoms with E-state index in [-0.39, 0.29) is 0 Å². The Morgan fingerprint density at radius 3 is 1.80 bits per heavy atom. The Morgan fingerprint density at radius 2 is 1.02 bits per heavy atom. The summed E-state index contributed by atoms with van der Waals surface area (Å²) >= 11 is 0. The van der Waals surface area contributed by atoms with Crippen LogP contribution in [0.3, 0.4) is 0 Å². The molecular weight excluding hydrogens is 530 g/mol. The largest absolute Gasteiger partial charge is 0.509 e. The second-order valence-electron chi connectivity index (χ2n) is 12.1. The van der Waals surface area contributed by atoms with E-state index in [9.17, 15) is 5.11 Å². The Balaban J connectivity index is 1.59. The van der Waals surface area contributed by atoms with Crippen molar-refractivity contribution < 1.29 is 5.11 Å². The summed E-state index contributed by atoms with van der Waals surface area (Å²) in [6.45, 7) is 2.20. The van der Waals surface area contributed by atoms with Crippen LogP contribution in [0, 0.1) is 6.92 Å². The first-order valence-electron chi connectivity index (χ1n) is 15.2. The summed E-state index contributed by atoms with van der Waals surface area (Å²) in [5.74, 6) is 0.315.